The summed E-state index contributed by atoms with van der Waals surface area (Å²) in [6.45, 7) is 6.55. The molecule has 0 unspecified atom stereocenters. The van der Waals surface area contributed by atoms with Gasteiger partial charge in [0.15, 0.2) is 0 Å². The average Bonchev–Trinajstić information content (AvgIpc) is 2.92. The first-order valence-electron chi connectivity index (χ1n) is 7.38. The zero-order valence-corrected chi connectivity index (χ0v) is 12.3. The van der Waals surface area contributed by atoms with Gasteiger partial charge in [-0.05, 0) is 44.4 Å². The van der Waals surface area contributed by atoms with Crippen molar-refractivity contribution in [1.29, 1.82) is 0 Å². The van der Waals surface area contributed by atoms with Crippen molar-refractivity contribution in [3.63, 3.8) is 0 Å². The number of hydrogen-bond acceptors (Lipinski definition) is 3. The summed E-state index contributed by atoms with van der Waals surface area (Å²) in [5.41, 5.74) is 1.52. The highest BCUT2D eigenvalue weighted by atomic mass is 16.5. The maximum Gasteiger partial charge on any atom is 0.336 e. The molecule has 19 heavy (non-hydrogen) atoms. The Labute approximate surface area is 115 Å². The molecule has 0 aromatic carbocycles. The Bertz CT molecular complexity index is 467. The monoisotopic (exact) mass is 264 g/mol. The van der Waals surface area contributed by atoms with Gasteiger partial charge in [-0.25, -0.2) is 4.79 Å². The number of rotatable bonds is 1. The Balaban J connectivity index is 2.17. The van der Waals surface area contributed by atoms with Crippen LogP contribution in [0.25, 0.3) is 0 Å². The van der Waals surface area contributed by atoms with Crippen molar-refractivity contribution in [3.05, 3.63) is 11.1 Å². The zero-order valence-electron chi connectivity index (χ0n) is 12.3. The van der Waals surface area contributed by atoms with E-state index < -0.39 is 6.10 Å². The Morgan fingerprint density at radius 3 is 2.68 bits per heavy atom. The first-order valence-corrected chi connectivity index (χ1v) is 7.38. The first kappa shape index (κ1) is 13.2. The lowest BCUT2D eigenvalue weighted by molar-refractivity contribution is -0.137. The van der Waals surface area contributed by atoms with Crippen LogP contribution in [0.4, 0.5) is 0 Å². The molecule has 0 aromatic rings. The molecule has 0 heterocycles. The summed E-state index contributed by atoms with van der Waals surface area (Å²) in [6, 6.07) is 0. The van der Waals surface area contributed by atoms with Gasteiger partial charge in [-0.2, -0.15) is 0 Å². The maximum absolute atomic E-state index is 12.0. The number of esters is 1. The number of carbonyl (C=O) groups is 1. The minimum Gasteiger partial charge on any atom is -0.466 e. The van der Waals surface area contributed by atoms with E-state index in [1.807, 2.05) is 0 Å². The van der Waals surface area contributed by atoms with E-state index in [4.69, 9.17) is 4.74 Å². The number of hydrogen-bond donors (Lipinski definition) is 1. The van der Waals surface area contributed by atoms with E-state index in [0.29, 0.717) is 17.4 Å². The van der Waals surface area contributed by atoms with Crippen molar-refractivity contribution >= 4 is 5.97 Å². The van der Waals surface area contributed by atoms with Crippen molar-refractivity contribution in [2.75, 3.05) is 7.11 Å². The van der Waals surface area contributed by atoms with Crippen LogP contribution in [0.5, 0.6) is 0 Å². The van der Waals surface area contributed by atoms with Gasteiger partial charge in [-0.3, -0.25) is 0 Å². The van der Waals surface area contributed by atoms with Crippen molar-refractivity contribution in [1.82, 2.24) is 0 Å². The van der Waals surface area contributed by atoms with Crippen LogP contribution < -0.4 is 0 Å². The van der Waals surface area contributed by atoms with Crippen LogP contribution in [-0.4, -0.2) is 24.3 Å². The van der Waals surface area contributed by atoms with Crippen LogP contribution >= 0.6 is 0 Å². The van der Waals surface area contributed by atoms with Gasteiger partial charge in [-0.15, -0.1) is 0 Å². The van der Waals surface area contributed by atoms with E-state index in [9.17, 15) is 9.90 Å². The molecule has 3 aliphatic carbocycles. The Morgan fingerprint density at radius 1 is 1.37 bits per heavy atom. The molecule has 0 aliphatic heterocycles. The van der Waals surface area contributed by atoms with E-state index >= 15 is 0 Å². The molecule has 1 spiro atoms. The summed E-state index contributed by atoms with van der Waals surface area (Å²) in [5, 5.41) is 10.8. The van der Waals surface area contributed by atoms with Gasteiger partial charge in [-0.1, -0.05) is 19.4 Å². The van der Waals surface area contributed by atoms with Gasteiger partial charge in [0.25, 0.3) is 0 Å². The van der Waals surface area contributed by atoms with E-state index in [-0.39, 0.29) is 16.8 Å². The second-order valence-electron chi connectivity index (χ2n) is 6.98. The highest BCUT2D eigenvalue weighted by Gasteiger charge is 2.69. The minimum atomic E-state index is -0.657. The normalized spacial score (nSPS) is 48.4. The van der Waals surface area contributed by atoms with E-state index in [2.05, 4.69) is 20.8 Å². The van der Waals surface area contributed by atoms with Crippen molar-refractivity contribution in [3.8, 4) is 0 Å². The number of aliphatic hydroxyl groups is 1. The fourth-order valence-corrected chi connectivity index (χ4v) is 5.66. The lowest BCUT2D eigenvalue weighted by atomic mass is 9.62. The quantitative estimate of drug-likeness (QED) is 0.741. The van der Waals surface area contributed by atoms with Crippen molar-refractivity contribution in [2.45, 2.75) is 52.6 Å². The highest BCUT2D eigenvalue weighted by molar-refractivity contribution is 5.92. The van der Waals surface area contributed by atoms with Crippen LogP contribution in [0, 0.1) is 22.7 Å². The number of allylic oxidation sites excluding steroid dienone is 1. The van der Waals surface area contributed by atoms with Crippen LogP contribution in [0.2, 0.25) is 0 Å². The van der Waals surface area contributed by atoms with E-state index in [1.165, 1.54) is 20.0 Å². The van der Waals surface area contributed by atoms with Crippen LogP contribution in [-0.2, 0) is 9.53 Å². The summed E-state index contributed by atoms with van der Waals surface area (Å²) in [7, 11) is 1.40. The predicted octanol–water partition coefficient (Wildman–Crippen LogP) is 2.68. The highest BCUT2D eigenvalue weighted by Crippen LogP contribution is 2.73. The van der Waals surface area contributed by atoms with Gasteiger partial charge in [0.1, 0.15) is 0 Å². The Hall–Kier alpha value is -0.830. The van der Waals surface area contributed by atoms with Crippen LogP contribution in [0.15, 0.2) is 11.1 Å². The third kappa shape index (κ3) is 1.25. The number of carbonyl (C=O) groups excluding carboxylic acids is 1. The van der Waals surface area contributed by atoms with Gasteiger partial charge >= 0.3 is 5.97 Å². The molecule has 3 aliphatic rings. The summed E-state index contributed by atoms with van der Waals surface area (Å²) in [5.74, 6) is 0.976. The van der Waals surface area contributed by atoms with E-state index in [1.54, 1.807) is 0 Å². The third-order valence-corrected chi connectivity index (χ3v) is 6.66. The standard InChI is InChI=1S/C16H24O3/c1-9-5-8-16-10(2)12(14(18)19-4)13(17)15(16,3)7-6-11(9)16/h9,11,13,17H,5-8H2,1-4H3/t9-,11+,13-,15+,16+/m1/s1. The van der Waals surface area contributed by atoms with Crippen LogP contribution in [0.1, 0.15) is 46.5 Å². The number of aliphatic hydroxyl groups excluding tert-OH is 1. The van der Waals surface area contributed by atoms with Crippen LogP contribution in [0.3, 0.4) is 0 Å². The molecule has 0 radical (unpaired) electrons. The lowest BCUT2D eigenvalue weighted by Crippen LogP contribution is -2.41. The first-order chi connectivity index (χ1) is 8.90. The number of ether oxygens (including phenoxy) is 1. The third-order valence-electron chi connectivity index (χ3n) is 6.66. The minimum absolute atomic E-state index is 0.0371. The Morgan fingerprint density at radius 2 is 2.05 bits per heavy atom. The number of methoxy groups -OCH3 is 1. The lowest BCUT2D eigenvalue weighted by Gasteiger charge is -2.42. The fourth-order valence-electron chi connectivity index (χ4n) is 5.66. The molecule has 3 nitrogen and oxygen atoms in total. The molecule has 2 saturated carbocycles. The van der Waals surface area contributed by atoms with Gasteiger partial charge < -0.3 is 9.84 Å². The van der Waals surface area contributed by atoms with E-state index in [0.717, 1.165) is 18.4 Å². The van der Waals surface area contributed by atoms with Crippen molar-refractivity contribution in [2.24, 2.45) is 22.7 Å². The smallest absolute Gasteiger partial charge is 0.336 e. The molecule has 106 valence electrons. The summed E-state index contributed by atoms with van der Waals surface area (Å²) < 4.78 is 4.90. The van der Waals surface area contributed by atoms with Gasteiger partial charge in [0.2, 0.25) is 0 Å². The molecule has 3 rings (SSSR count). The molecule has 2 fully saturated rings. The summed E-state index contributed by atoms with van der Waals surface area (Å²) >= 11 is 0. The molecule has 5 atom stereocenters. The topological polar surface area (TPSA) is 46.5 Å². The Kier molecular flexibility index (Phi) is 2.66. The maximum atomic E-state index is 12.0. The second-order valence-corrected chi connectivity index (χ2v) is 6.98. The molecule has 0 bridgehead atoms. The zero-order chi connectivity index (χ0) is 14.0. The molecule has 0 saturated heterocycles. The molecule has 0 aromatic heterocycles. The SMILES string of the molecule is COC(=O)C1=C(C)[C@@]23CC[C@@H](C)[C@@H]2CC[C@@]3(C)[C@@H]1O. The largest absolute Gasteiger partial charge is 0.466 e. The summed E-state index contributed by atoms with van der Waals surface area (Å²) in [4.78, 5) is 12.0. The van der Waals surface area contributed by atoms with Gasteiger partial charge in [0, 0.05) is 10.8 Å². The molecule has 3 heteroatoms. The predicted molar refractivity (Wildman–Crippen MR) is 72.4 cm³/mol. The molecule has 1 N–H and O–H groups in total. The fraction of sp³-hybridized carbons (Fsp3) is 0.812. The average molecular weight is 264 g/mol. The molecular weight excluding hydrogens is 240 g/mol. The van der Waals surface area contributed by atoms with Crippen molar-refractivity contribution < 1.29 is 14.6 Å². The summed E-state index contributed by atoms with van der Waals surface area (Å²) in [6.07, 6.45) is 3.86. The molecule has 0 amide bonds. The molecular formula is C16H24O3. The van der Waals surface area contributed by atoms with Gasteiger partial charge in [0.05, 0.1) is 18.8 Å². The second kappa shape index (κ2) is 3.85.